The number of pyridine rings is 1. The second kappa shape index (κ2) is 6.67. The maximum Gasteiger partial charge on any atom is 0.255 e. The van der Waals surface area contributed by atoms with Gasteiger partial charge in [0.2, 0.25) is 0 Å². The van der Waals surface area contributed by atoms with Crippen LogP contribution in [0.25, 0.3) is 0 Å². The molecule has 0 radical (unpaired) electrons. The summed E-state index contributed by atoms with van der Waals surface area (Å²) in [5.74, 6) is 5.67. The predicted octanol–water partition coefficient (Wildman–Crippen LogP) is 2.79. The largest absolute Gasteiger partial charge is 0.322 e. The van der Waals surface area contributed by atoms with Crippen LogP contribution >= 0.6 is 22.6 Å². The molecule has 0 saturated carbocycles. The van der Waals surface area contributed by atoms with Gasteiger partial charge in [0.25, 0.3) is 5.91 Å². The molecule has 0 fully saturated rings. The lowest BCUT2D eigenvalue weighted by Gasteiger charge is -2.09. The van der Waals surface area contributed by atoms with Crippen LogP contribution in [0.1, 0.15) is 23.0 Å². The standard InChI is InChI=1S/C14H15IN4O/c1-2-11-6-9(7-13(17-11)19-16)14(20)18-12-5-3-4-10(15)8-12/h3-8H,2,16H2,1H3,(H,17,19)(H,18,20). The molecule has 104 valence electrons. The highest BCUT2D eigenvalue weighted by Gasteiger charge is 2.09. The number of hydrogen-bond acceptors (Lipinski definition) is 4. The van der Waals surface area contributed by atoms with Gasteiger partial charge in [-0.3, -0.25) is 4.79 Å². The maximum atomic E-state index is 12.3. The number of rotatable bonds is 4. The van der Waals surface area contributed by atoms with Crippen LogP contribution in [0, 0.1) is 3.57 Å². The molecule has 0 bridgehead atoms. The first kappa shape index (κ1) is 14.7. The molecule has 4 N–H and O–H groups in total. The highest BCUT2D eigenvalue weighted by atomic mass is 127. The van der Waals surface area contributed by atoms with Gasteiger partial charge in [0, 0.05) is 20.5 Å². The average molecular weight is 382 g/mol. The van der Waals surface area contributed by atoms with Gasteiger partial charge in [-0.25, -0.2) is 10.8 Å². The molecule has 1 heterocycles. The Kier molecular flexibility index (Phi) is 4.91. The molecule has 1 aromatic heterocycles. The molecule has 2 rings (SSSR count). The van der Waals surface area contributed by atoms with E-state index in [1.54, 1.807) is 12.1 Å². The summed E-state index contributed by atoms with van der Waals surface area (Å²) in [6.07, 6.45) is 0.735. The lowest BCUT2D eigenvalue weighted by Crippen LogP contribution is -2.15. The average Bonchev–Trinajstić information content (AvgIpc) is 2.46. The third-order valence-corrected chi connectivity index (χ3v) is 3.40. The van der Waals surface area contributed by atoms with Crippen molar-refractivity contribution in [2.75, 3.05) is 10.7 Å². The Labute approximate surface area is 131 Å². The summed E-state index contributed by atoms with van der Waals surface area (Å²) in [6.45, 7) is 1.98. The van der Waals surface area contributed by atoms with Crippen molar-refractivity contribution < 1.29 is 4.79 Å². The Bertz CT molecular complexity index is 608. The number of hydrogen-bond donors (Lipinski definition) is 3. The first-order valence-electron chi connectivity index (χ1n) is 6.17. The van der Waals surface area contributed by atoms with Gasteiger partial charge in [0.05, 0.1) is 0 Å². The molecular formula is C14H15IN4O. The Morgan fingerprint density at radius 1 is 1.35 bits per heavy atom. The molecule has 0 spiro atoms. The third-order valence-electron chi connectivity index (χ3n) is 2.73. The Balaban J connectivity index is 2.24. The monoisotopic (exact) mass is 382 g/mol. The van der Waals surface area contributed by atoms with E-state index in [4.69, 9.17) is 5.84 Å². The van der Waals surface area contributed by atoms with E-state index in [0.29, 0.717) is 11.4 Å². The highest BCUT2D eigenvalue weighted by molar-refractivity contribution is 14.1. The lowest BCUT2D eigenvalue weighted by molar-refractivity contribution is 0.102. The number of aromatic nitrogens is 1. The van der Waals surface area contributed by atoms with Crippen LogP contribution in [-0.2, 0) is 6.42 Å². The quantitative estimate of drug-likeness (QED) is 0.432. The molecule has 6 heteroatoms. The number of aryl methyl sites for hydroxylation is 1. The van der Waals surface area contributed by atoms with Crippen LogP contribution in [-0.4, -0.2) is 10.9 Å². The summed E-state index contributed by atoms with van der Waals surface area (Å²) in [4.78, 5) is 16.5. The van der Waals surface area contributed by atoms with Gasteiger partial charge in [-0.2, -0.15) is 0 Å². The fourth-order valence-electron chi connectivity index (χ4n) is 1.74. The molecule has 20 heavy (non-hydrogen) atoms. The van der Waals surface area contributed by atoms with Crippen molar-refractivity contribution in [3.05, 3.63) is 51.2 Å². The Morgan fingerprint density at radius 2 is 2.15 bits per heavy atom. The summed E-state index contributed by atoms with van der Waals surface area (Å²) < 4.78 is 1.06. The van der Waals surface area contributed by atoms with Crippen molar-refractivity contribution >= 4 is 40.0 Å². The van der Waals surface area contributed by atoms with E-state index in [-0.39, 0.29) is 5.91 Å². The second-order valence-electron chi connectivity index (χ2n) is 4.19. The van der Waals surface area contributed by atoms with Crippen LogP contribution < -0.4 is 16.6 Å². The molecular weight excluding hydrogens is 367 g/mol. The topological polar surface area (TPSA) is 80.0 Å². The summed E-state index contributed by atoms with van der Waals surface area (Å²) in [5, 5.41) is 2.86. The van der Waals surface area contributed by atoms with Gasteiger partial charge < -0.3 is 10.7 Å². The summed E-state index contributed by atoms with van der Waals surface area (Å²) >= 11 is 2.20. The molecule has 1 amide bonds. The number of hydrazine groups is 1. The molecule has 0 saturated heterocycles. The molecule has 0 aliphatic carbocycles. The van der Waals surface area contributed by atoms with Gasteiger partial charge in [0.1, 0.15) is 5.82 Å². The minimum absolute atomic E-state index is 0.180. The number of nitrogens with two attached hydrogens (primary N) is 1. The van der Waals surface area contributed by atoms with Crippen molar-refractivity contribution in [1.29, 1.82) is 0 Å². The number of nitrogen functional groups attached to an aromatic ring is 1. The van der Waals surface area contributed by atoms with Crippen LogP contribution in [0.15, 0.2) is 36.4 Å². The maximum absolute atomic E-state index is 12.3. The first-order valence-corrected chi connectivity index (χ1v) is 7.24. The van der Waals surface area contributed by atoms with Gasteiger partial charge in [-0.1, -0.05) is 13.0 Å². The van der Waals surface area contributed by atoms with Crippen LogP contribution in [0.2, 0.25) is 0 Å². The van der Waals surface area contributed by atoms with Crippen molar-refractivity contribution in [2.45, 2.75) is 13.3 Å². The zero-order valence-corrected chi connectivity index (χ0v) is 13.1. The fourth-order valence-corrected chi connectivity index (χ4v) is 2.29. The molecule has 0 unspecified atom stereocenters. The SMILES string of the molecule is CCc1cc(C(=O)Nc2cccc(I)c2)cc(NN)n1. The Hall–Kier alpha value is -1.67. The molecule has 0 aliphatic heterocycles. The molecule has 2 aromatic rings. The van der Waals surface area contributed by atoms with Crippen LogP contribution in [0.4, 0.5) is 11.5 Å². The number of anilines is 2. The van der Waals surface area contributed by atoms with E-state index in [0.717, 1.165) is 21.4 Å². The zero-order chi connectivity index (χ0) is 14.5. The van der Waals surface area contributed by atoms with E-state index in [1.807, 2.05) is 31.2 Å². The van der Waals surface area contributed by atoms with Crippen molar-refractivity contribution in [3.63, 3.8) is 0 Å². The summed E-state index contributed by atoms with van der Waals surface area (Å²) in [7, 11) is 0. The minimum Gasteiger partial charge on any atom is -0.322 e. The molecule has 5 nitrogen and oxygen atoms in total. The zero-order valence-electron chi connectivity index (χ0n) is 11.0. The van der Waals surface area contributed by atoms with Gasteiger partial charge >= 0.3 is 0 Å². The highest BCUT2D eigenvalue weighted by Crippen LogP contribution is 2.15. The van der Waals surface area contributed by atoms with E-state index in [9.17, 15) is 4.79 Å². The number of nitrogens with zero attached hydrogens (tertiary/aromatic N) is 1. The second-order valence-corrected chi connectivity index (χ2v) is 5.44. The number of carbonyl (C=O) groups is 1. The van der Waals surface area contributed by atoms with Gasteiger partial charge in [-0.15, -0.1) is 0 Å². The summed E-state index contributed by atoms with van der Waals surface area (Å²) in [5.41, 5.74) is 4.58. The number of amides is 1. The third kappa shape index (κ3) is 3.67. The molecule has 0 aliphatic rings. The van der Waals surface area contributed by atoms with E-state index in [2.05, 4.69) is 38.3 Å². The normalized spacial score (nSPS) is 10.2. The number of nitrogens with one attached hydrogen (secondary N) is 2. The number of carbonyl (C=O) groups excluding carboxylic acids is 1. The van der Waals surface area contributed by atoms with Crippen molar-refractivity contribution in [2.24, 2.45) is 5.84 Å². The van der Waals surface area contributed by atoms with Gasteiger partial charge in [-0.05, 0) is 59.3 Å². The first-order chi connectivity index (χ1) is 9.62. The molecule has 0 atom stereocenters. The molecule has 1 aromatic carbocycles. The number of halogens is 1. The smallest absolute Gasteiger partial charge is 0.255 e. The van der Waals surface area contributed by atoms with Crippen molar-refractivity contribution in [1.82, 2.24) is 4.98 Å². The predicted molar refractivity (Wildman–Crippen MR) is 88.5 cm³/mol. The van der Waals surface area contributed by atoms with Gasteiger partial charge in [0.15, 0.2) is 0 Å². The van der Waals surface area contributed by atoms with Crippen molar-refractivity contribution in [3.8, 4) is 0 Å². The van der Waals surface area contributed by atoms with Crippen LogP contribution in [0.3, 0.4) is 0 Å². The van der Waals surface area contributed by atoms with E-state index >= 15 is 0 Å². The Morgan fingerprint density at radius 3 is 2.80 bits per heavy atom. The van der Waals surface area contributed by atoms with E-state index < -0.39 is 0 Å². The fraction of sp³-hybridized carbons (Fsp3) is 0.143. The van der Waals surface area contributed by atoms with Crippen LogP contribution in [0.5, 0.6) is 0 Å². The number of benzene rings is 1. The minimum atomic E-state index is -0.180. The van der Waals surface area contributed by atoms with E-state index in [1.165, 1.54) is 0 Å². The lowest BCUT2D eigenvalue weighted by atomic mass is 10.1. The summed E-state index contributed by atoms with van der Waals surface area (Å²) in [6, 6.07) is 11.0.